The van der Waals surface area contributed by atoms with Crippen LogP contribution >= 0.6 is 12.6 Å². The van der Waals surface area contributed by atoms with Gasteiger partial charge in [0.2, 0.25) is 11.8 Å². The molecule has 0 heterocycles. The third-order valence-corrected chi connectivity index (χ3v) is 2.45. The van der Waals surface area contributed by atoms with Crippen LogP contribution in [0.2, 0.25) is 0 Å². The highest BCUT2D eigenvalue weighted by atomic mass is 32.1. The molecule has 0 aromatic heterocycles. The summed E-state index contributed by atoms with van der Waals surface area (Å²) in [5.41, 5.74) is 0. The summed E-state index contributed by atoms with van der Waals surface area (Å²) in [6.45, 7) is 6.69. The van der Waals surface area contributed by atoms with Crippen molar-refractivity contribution >= 4 is 30.4 Å². The van der Waals surface area contributed by atoms with Crippen LogP contribution in [0.5, 0.6) is 0 Å². The van der Waals surface area contributed by atoms with Gasteiger partial charge in [0, 0.05) is 11.7 Å². The summed E-state index contributed by atoms with van der Waals surface area (Å²) < 4.78 is 4.08. The summed E-state index contributed by atoms with van der Waals surface area (Å²) in [7, 11) is 0. The molecule has 0 spiro atoms. The number of hydrogen-bond donors (Lipinski definition) is 3. The predicted molar refractivity (Wildman–Crippen MR) is 74.9 cm³/mol. The van der Waals surface area contributed by atoms with Gasteiger partial charge in [0.05, 0.1) is 6.61 Å². The van der Waals surface area contributed by atoms with Crippen LogP contribution in [0.3, 0.4) is 0 Å². The van der Waals surface area contributed by atoms with Crippen molar-refractivity contribution < 1.29 is 19.1 Å². The number of ether oxygens (including phenoxy) is 1. The van der Waals surface area contributed by atoms with Crippen molar-refractivity contribution in [3.8, 4) is 0 Å². The number of hydrogen-bond acceptors (Lipinski definition) is 5. The molecule has 2 amide bonds. The molecule has 0 bridgehead atoms. The van der Waals surface area contributed by atoms with Crippen molar-refractivity contribution in [3.05, 3.63) is 0 Å². The smallest absolute Gasteiger partial charge is 0.325 e. The maximum Gasteiger partial charge on any atom is 0.325 e. The first-order chi connectivity index (χ1) is 8.68. The fraction of sp³-hybridized carbons (Fsp3) is 0.750. The minimum atomic E-state index is -0.827. The molecular formula is C12H22N2O4S. The number of amides is 2. The summed E-state index contributed by atoms with van der Waals surface area (Å²) in [5, 5.41) is 4.93. The van der Waals surface area contributed by atoms with Gasteiger partial charge in [0.15, 0.2) is 0 Å². The molecule has 7 heteroatoms. The molecule has 0 aliphatic heterocycles. The standard InChI is InChI=1S/C12H22N2O4S/c1-5-6-18-9(16)7-13-11(17)10(12(3,4)19)14-8(2)15/h10,19H,5-7H2,1-4H3,(H,13,17)(H,14,15)/t10-/m1/s1. The van der Waals surface area contributed by atoms with Gasteiger partial charge in [-0.2, -0.15) is 12.6 Å². The van der Waals surface area contributed by atoms with Gasteiger partial charge in [-0.25, -0.2) is 0 Å². The van der Waals surface area contributed by atoms with Crippen molar-refractivity contribution in [1.29, 1.82) is 0 Å². The van der Waals surface area contributed by atoms with E-state index in [1.54, 1.807) is 13.8 Å². The topological polar surface area (TPSA) is 84.5 Å². The van der Waals surface area contributed by atoms with Crippen molar-refractivity contribution in [1.82, 2.24) is 10.6 Å². The minimum Gasteiger partial charge on any atom is -0.464 e. The fourth-order valence-corrected chi connectivity index (χ4v) is 1.48. The molecule has 0 saturated heterocycles. The second-order valence-electron chi connectivity index (χ2n) is 4.73. The van der Waals surface area contributed by atoms with E-state index in [1.807, 2.05) is 6.92 Å². The maximum absolute atomic E-state index is 11.9. The summed E-state index contributed by atoms with van der Waals surface area (Å²) in [6.07, 6.45) is 0.720. The minimum absolute atomic E-state index is 0.223. The highest BCUT2D eigenvalue weighted by molar-refractivity contribution is 7.81. The molecule has 6 nitrogen and oxygen atoms in total. The van der Waals surface area contributed by atoms with Crippen LogP contribution in [0.4, 0.5) is 0 Å². The Labute approximate surface area is 119 Å². The number of carbonyl (C=O) groups is 3. The zero-order valence-corrected chi connectivity index (χ0v) is 12.7. The Kier molecular flexibility index (Phi) is 7.51. The van der Waals surface area contributed by atoms with Gasteiger partial charge in [-0.05, 0) is 20.3 Å². The van der Waals surface area contributed by atoms with Gasteiger partial charge >= 0.3 is 5.97 Å². The lowest BCUT2D eigenvalue weighted by Crippen LogP contribution is -2.55. The highest BCUT2D eigenvalue weighted by Gasteiger charge is 2.33. The van der Waals surface area contributed by atoms with Crippen LogP contribution in [-0.4, -0.2) is 41.7 Å². The molecular weight excluding hydrogens is 268 g/mol. The first kappa shape index (κ1) is 17.8. The van der Waals surface area contributed by atoms with E-state index in [0.717, 1.165) is 6.42 Å². The molecule has 0 saturated carbocycles. The molecule has 110 valence electrons. The van der Waals surface area contributed by atoms with Gasteiger partial charge in [-0.3, -0.25) is 14.4 Å². The predicted octanol–water partition coefficient (Wildman–Crippen LogP) is 0.269. The second kappa shape index (κ2) is 8.04. The molecule has 2 N–H and O–H groups in total. The normalized spacial score (nSPS) is 12.5. The number of rotatable bonds is 7. The molecule has 0 fully saturated rings. The number of nitrogens with one attached hydrogen (secondary N) is 2. The summed E-state index contributed by atoms with van der Waals surface area (Å²) in [5.74, 6) is -1.31. The Bertz CT molecular complexity index is 339. The average molecular weight is 290 g/mol. The molecule has 0 aliphatic rings. The van der Waals surface area contributed by atoms with E-state index in [4.69, 9.17) is 4.74 Å². The van der Waals surface area contributed by atoms with E-state index in [2.05, 4.69) is 23.3 Å². The monoisotopic (exact) mass is 290 g/mol. The summed E-state index contributed by atoms with van der Waals surface area (Å²) in [6, 6.07) is -0.827. The van der Waals surface area contributed by atoms with Gasteiger partial charge < -0.3 is 15.4 Å². The Morgan fingerprint density at radius 3 is 2.32 bits per heavy atom. The van der Waals surface area contributed by atoms with Crippen molar-refractivity contribution in [2.75, 3.05) is 13.2 Å². The molecule has 0 radical (unpaired) electrons. The summed E-state index contributed by atoms with van der Waals surface area (Å²) in [4.78, 5) is 34.2. The van der Waals surface area contributed by atoms with Crippen LogP contribution in [0.15, 0.2) is 0 Å². The van der Waals surface area contributed by atoms with Gasteiger partial charge in [-0.1, -0.05) is 6.92 Å². The Balaban J connectivity index is 4.41. The van der Waals surface area contributed by atoms with E-state index in [9.17, 15) is 14.4 Å². The van der Waals surface area contributed by atoms with E-state index in [0.29, 0.717) is 6.61 Å². The van der Waals surface area contributed by atoms with Crippen LogP contribution in [0, 0.1) is 0 Å². The van der Waals surface area contributed by atoms with E-state index >= 15 is 0 Å². The van der Waals surface area contributed by atoms with Crippen LogP contribution in [0.1, 0.15) is 34.1 Å². The second-order valence-corrected chi connectivity index (χ2v) is 5.88. The Morgan fingerprint density at radius 1 is 1.32 bits per heavy atom. The zero-order valence-electron chi connectivity index (χ0n) is 11.8. The number of thiol groups is 1. The lowest BCUT2D eigenvalue weighted by molar-refractivity contribution is -0.144. The average Bonchev–Trinajstić information content (AvgIpc) is 2.28. The van der Waals surface area contributed by atoms with Crippen LogP contribution < -0.4 is 10.6 Å². The zero-order chi connectivity index (χ0) is 15.1. The molecule has 0 aliphatic carbocycles. The largest absolute Gasteiger partial charge is 0.464 e. The first-order valence-electron chi connectivity index (χ1n) is 6.11. The van der Waals surface area contributed by atoms with Crippen LogP contribution in [-0.2, 0) is 19.1 Å². The lowest BCUT2D eigenvalue weighted by Gasteiger charge is -2.28. The van der Waals surface area contributed by atoms with E-state index < -0.39 is 22.7 Å². The Hall–Kier alpha value is -1.24. The molecule has 1 atom stereocenters. The third kappa shape index (κ3) is 7.71. The fourth-order valence-electron chi connectivity index (χ4n) is 1.29. The highest BCUT2D eigenvalue weighted by Crippen LogP contribution is 2.17. The molecule has 0 rings (SSSR count). The maximum atomic E-state index is 11.9. The molecule has 0 aromatic carbocycles. The van der Waals surface area contributed by atoms with Gasteiger partial charge in [0.25, 0.3) is 0 Å². The molecule has 0 aromatic rings. The first-order valence-corrected chi connectivity index (χ1v) is 6.56. The Morgan fingerprint density at radius 2 is 1.89 bits per heavy atom. The SMILES string of the molecule is CCCOC(=O)CNC(=O)[C@@H](NC(C)=O)C(C)(C)S. The van der Waals surface area contributed by atoms with Crippen molar-refractivity contribution in [2.45, 2.75) is 44.9 Å². The van der Waals surface area contributed by atoms with E-state index in [1.165, 1.54) is 6.92 Å². The van der Waals surface area contributed by atoms with Gasteiger partial charge in [0.1, 0.15) is 12.6 Å². The molecule has 0 unspecified atom stereocenters. The number of carbonyl (C=O) groups excluding carboxylic acids is 3. The van der Waals surface area contributed by atoms with Gasteiger partial charge in [-0.15, -0.1) is 0 Å². The summed E-state index contributed by atoms with van der Waals surface area (Å²) >= 11 is 4.27. The third-order valence-electron chi connectivity index (χ3n) is 2.19. The van der Waals surface area contributed by atoms with Crippen LogP contribution in [0.25, 0.3) is 0 Å². The van der Waals surface area contributed by atoms with E-state index in [-0.39, 0.29) is 12.5 Å². The molecule has 19 heavy (non-hydrogen) atoms. The van der Waals surface area contributed by atoms with Crippen molar-refractivity contribution in [2.24, 2.45) is 0 Å². The number of esters is 1. The quantitative estimate of drug-likeness (QED) is 0.464. The lowest BCUT2D eigenvalue weighted by atomic mass is 10.0. The van der Waals surface area contributed by atoms with Crippen molar-refractivity contribution in [3.63, 3.8) is 0 Å².